The fourth-order valence-electron chi connectivity index (χ4n) is 2.97. The SMILES string of the molecule is CCOc1ccc(C(=O)Oc2ccc(/C=N/NC(=O)CNC(=O)c3cccc(Cl)c3)cc2OC)cc1. The topological polar surface area (TPSA) is 115 Å². The van der Waals surface area contributed by atoms with E-state index < -0.39 is 17.8 Å². The largest absolute Gasteiger partial charge is 0.494 e. The van der Waals surface area contributed by atoms with Gasteiger partial charge in [-0.3, -0.25) is 9.59 Å². The third-order valence-corrected chi connectivity index (χ3v) is 4.93. The molecule has 36 heavy (non-hydrogen) atoms. The van der Waals surface area contributed by atoms with Crippen molar-refractivity contribution in [2.75, 3.05) is 20.3 Å². The Balaban J connectivity index is 1.53. The molecule has 0 radical (unpaired) electrons. The number of nitrogens with one attached hydrogen (secondary N) is 2. The van der Waals surface area contributed by atoms with Gasteiger partial charge in [0.2, 0.25) is 0 Å². The second-order valence-corrected chi connectivity index (χ2v) is 7.68. The van der Waals surface area contributed by atoms with Crippen LogP contribution in [0.1, 0.15) is 33.2 Å². The Hall–Kier alpha value is -4.37. The van der Waals surface area contributed by atoms with Crippen molar-refractivity contribution in [1.82, 2.24) is 10.7 Å². The number of esters is 1. The first kappa shape index (κ1) is 26.2. The van der Waals surface area contributed by atoms with E-state index in [1.54, 1.807) is 60.7 Å². The number of hydrazone groups is 1. The van der Waals surface area contributed by atoms with E-state index in [0.717, 1.165) is 0 Å². The van der Waals surface area contributed by atoms with Crippen molar-refractivity contribution in [2.24, 2.45) is 5.10 Å². The second kappa shape index (κ2) is 12.9. The van der Waals surface area contributed by atoms with E-state index in [1.807, 2.05) is 6.92 Å². The summed E-state index contributed by atoms with van der Waals surface area (Å²) in [6.45, 7) is 2.13. The highest BCUT2D eigenvalue weighted by Gasteiger charge is 2.13. The molecule has 0 aliphatic rings. The number of halogens is 1. The molecular formula is C26H24ClN3O6. The monoisotopic (exact) mass is 509 g/mol. The molecule has 9 nitrogen and oxygen atoms in total. The molecule has 186 valence electrons. The zero-order valence-corrected chi connectivity index (χ0v) is 20.4. The zero-order chi connectivity index (χ0) is 25.9. The summed E-state index contributed by atoms with van der Waals surface area (Å²) in [4.78, 5) is 36.5. The predicted molar refractivity (Wildman–Crippen MR) is 135 cm³/mol. The van der Waals surface area contributed by atoms with Crippen molar-refractivity contribution in [1.29, 1.82) is 0 Å². The van der Waals surface area contributed by atoms with Crippen molar-refractivity contribution < 1.29 is 28.6 Å². The molecule has 0 fully saturated rings. The normalized spacial score (nSPS) is 10.5. The lowest BCUT2D eigenvalue weighted by Gasteiger charge is -2.10. The lowest BCUT2D eigenvalue weighted by Crippen LogP contribution is -2.34. The third-order valence-electron chi connectivity index (χ3n) is 4.69. The van der Waals surface area contributed by atoms with Crippen LogP contribution in [0.15, 0.2) is 71.8 Å². The fourth-order valence-corrected chi connectivity index (χ4v) is 3.16. The highest BCUT2D eigenvalue weighted by atomic mass is 35.5. The van der Waals surface area contributed by atoms with Crippen molar-refractivity contribution in [2.45, 2.75) is 6.92 Å². The van der Waals surface area contributed by atoms with E-state index in [1.165, 1.54) is 19.4 Å². The van der Waals surface area contributed by atoms with Gasteiger partial charge in [0.1, 0.15) is 5.75 Å². The molecule has 2 amide bonds. The number of carbonyl (C=O) groups excluding carboxylic acids is 3. The maximum Gasteiger partial charge on any atom is 0.343 e. The number of hydrogen-bond donors (Lipinski definition) is 2. The average Bonchev–Trinajstić information content (AvgIpc) is 2.88. The van der Waals surface area contributed by atoms with Gasteiger partial charge in [0.05, 0.1) is 32.0 Å². The molecule has 10 heteroatoms. The Morgan fingerprint density at radius 3 is 2.44 bits per heavy atom. The van der Waals surface area contributed by atoms with E-state index in [-0.39, 0.29) is 12.3 Å². The van der Waals surface area contributed by atoms with Gasteiger partial charge in [0.25, 0.3) is 11.8 Å². The Morgan fingerprint density at radius 1 is 0.972 bits per heavy atom. The molecule has 0 heterocycles. The summed E-state index contributed by atoms with van der Waals surface area (Å²) in [5, 5.41) is 6.77. The predicted octanol–water partition coefficient (Wildman–Crippen LogP) is 3.85. The summed E-state index contributed by atoms with van der Waals surface area (Å²) >= 11 is 5.86. The highest BCUT2D eigenvalue weighted by molar-refractivity contribution is 6.31. The van der Waals surface area contributed by atoms with Gasteiger partial charge >= 0.3 is 5.97 Å². The van der Waals surface area contributed by atoms with Crippen molar-refractivity contribution in [3.63, 3.8) is 0 Å². The number of nitrogens with zero attached hydrogens (tertiary/aromatic N) is 1. The van der Waals surface area contributed by atoms with Gasteiger partial charge in [0, 0.05) is 10.6 Å². The Bertz CT molecular complexity index is 1260. The van der Waals surface area contributed by atoms with Gasteiger partial charge in [-0.25, -0.2) is 10.2 Å². The van der Waals surface area contributed by atoms with Crippen LogP contribution in [0.2, 0.25) is 5.02 Å². The summed E-state index contributed by atoms with van der Waals surface area (Å²) < 4.78 is 16.1. The Kier molecular flexibility index (Phi) is 9.41. The van der Waals surface area contributed by atoms with Crippen molar-refractivity contribution >= 4 is 35.6 Å². The van der Waals surface area contributed by atoms with E-state index in [4.69, 9.17) is 25.8 Å². The number of ether oxygens (including phenoxy) is 3. The van der Waals surface area contributed by atoms with Gasteiger partial charge < -0.3 is 19.5 Å². The van der Waals surface area contributed by atoms with Crippen LogP contribution in [0.5, 0.6) is 17.2 Å². The molecule has 3 aromatic rings. The van der Waals surface area contributed by atoms with E-state index >= 15 is 0 Å². The van der Waals surface area contributed by atoms with Crippen LogP contribution in [0.3, 0.4) is 0 Å². The fraction of sp³-hybridized carbons (Fsp3) is 0.154. The van der Waals surface area contributed by atoms with Gasteiger partial charge in [-0.05, 0) is 73.2 Å². The van der Waals surface area contributed by atoms with Gasteiger partial charge in [-0.15, -0.1) is 0 Å². The minimum absolute atomic E-state index is 0.223. The van der Waals surface area contributed by atoms with Crippen LogP contribution in [-0.2, 0) is 4.79 Å². The lowest BCUT2D eigenvalue weighted by atomic mass is 10.2. The lowest BCUT2D eigenvalue weighted by molar-refractivity contribution is -0.120. The molecule has 3 rings (SSSR count). The third kappa shape index (κ3) is 7.57. The number of benzene rings is 3. The molecule has 0 saturated heterocycles. The van der Waals surface area contributed by atoms with Gasteiger partial charge in [-0.1, -0.05) is 17.7 Å². The molecule has 3 aromatic carbocycles. The van der Waals surface area contributed by atoms with Crippen LogP contribution < -0.4 is 25.0 Å². The van der Waals surface area contributed by atoms with Crippen LogP contribution in [0.4, 0.5) is 0 Å². The minimum Gasteiger partial charge on any atom is -0.494 e. The summed E-state index contributed by atoms with van der Waals surface area (Å²) in [5.74, 6) is -0.318. The molecule has 0 spiro atoms. The van der Waals surface area contributed by atoms with Crippen LogP contribution in [-0.4, -0.2) is 44.3 Å². The smallest absolute Gasteiger partial charge is 0.343 e. The zero-order valence-electron chi connectivity index (χ0n) is 19.6. The molecule has 0 aliphatic carbocycles. The maximum atomic E-state index is 12.5. The van der Waals surface area contributed by atoms with Crippen molar-refractivity contribution in [3.05, 3.63) is 88.4 Å². The molecule has 0 bridgehead atoms. The molecule has 0 aliphatic heterocycles. The first-order valence-corrected chi connectivity index (χ1v) is 11.3. The molecular weight excluding hydrogens is 486 g/mol. The Labute approximate surface area is 213 Å². The summed E-state index contributed by atoms with van der Waals surface area (Å²) in [6, 6.07) is 17.8. The summed E-state index contributed by atoms with van der Waals surface area (Å²) in [5.41, 5.74) is 3.60. The standard InChI is InChI=1S/C26H24ClN3O6/c1-3-35-21-10-8-18(9-11-21)26(33)36-22-12-7-17(13-23(22)34-2)15-29-30-24(31)16-28-25(32)19-5-4-6-20(27)14-19/h4-15H,3,16H2,1-2H3,(H,28,32)(H,30,31)/b29-15+. The van der Waals surface area contributed by atoms with Crippen LogP contribution in [0, 0.1) is 0 Å². The first-order valence-electron chi connectivity index (χ1n) is 10.9. The van der Waals surface area contributed by atoms with E-state index in [2.05, 4.69) is 15.8 Å². The molecule has 0 saturated carbocycles. The average molecular weight is 510 g/mol. The number of methoxy groups -OCH3 is 1. The summed E-state index contributed by atoms with van der Waals surface area (Å²) in [7, 11) is 1.44. The van der Waals surface area contributed by atoms with Crippen LogP contribution >= 0.6 is 11.6 Å². The number of amides is 2. The first-order chi connectivity index (χ1) is 17.4. The quantitative estimate of drug-likeness (QED) is 0.186. The molecule has 0 atom stereocenters. The summed E-state index contributed by atoms with van der Waals surface area (Å²) in [6.07, 6.45) is 1.39. The maximum absolute atomic E-state index is 12.5. The number of hydrogen-bond acceptors (Lipinski definition) is 7. The molecule has 0 unspecified atom stereocenters. The van der Waals surface area contributed by atoms with E-state index in [9.17, 15) is 14.4 Å². The second-order valence-electron chi connectivity index (χ2n) is 7.24. The van der Waals surface area contributed by atoms with Gasteiger partial charge in [-0.2, -0.15) is 5.10 Å². The number of rotatable bonds is 10. The molecule has 2 N–H and O–H groups in total. The molecule has 0 aromatic heterocycles. The number of carbonyl (C=O) groups is 3. The Morgan fingerprint density at radius 2 is 1.75 bits per heavy atom. The highest BCUT2D eigenvalue weighted by Crippen LogP contribution is 2.28. The van der Waals surface area contributed by atoms with Crippen molar-refractivity contribution in [3.8, 4) is 17.2 Å². The van der Waals surface area contributed by atoms with Crippen LogP contribution in [0.25, 0.3) is 0 Å². The minimum atomic E-state index is -0.551. The van der Waals surface area contributed by atoms with E-state index in [0.29, 0.717) is 39.8 Å². The van der Waals surface area contributed by atoms with Gasteiger partial charge in [0.15, 0.2) is 11.5 Å².